The molecule has 43 heavy (non-hydrogen) atoms. The zero-order chi connectivity index (χ0) is 31.1. The van der Waals surface area contributed by atoms with Crippen molar-refractivity contribution in [1.82, 2.24) is 9.97 Å². The minimum Gasteiger partial charge on any atom is -0.490 e. The summed E-state index contributed by atoms with van der Waals surface area (Å²) in [7, 11) is 0. The van der Waals surface area contributed by atoms with Gasteiger partial charge in [0.15, 0.2) is 5.75 Å². The highest BCUT2D eigenvalue weighted by Crippen LogP contribution is 2.33. The third-order valence-electron chi connectivity index (χ3n) is 7.64. The Bertz CT molecular complexity index is 1640. The number of aryl methyl sites for hydroxylation is 4. The van der Waals surface area contributed by atoms with E-state index in [1.165, 1.54) is 33.4 Å². The largest absolute Gasteiger partial charge is 0.490 e. The van der Waals surface area contributed by atoms with Gasteiger partial charge in [-0.05, 0) is 102 Å². The maximum absolute atomic E-state index is 10.8. The van der Waals surface area contributed by atoms with Crippen LogP contribution in [-0.2, 0) is 17.9 Å². The molecule has 0 fully saturated rings. The molecular formula is C36H40N4O3. The maximum atomic E-state index is 10.8. The number of carboxylic acid groups (broad SMARTS) is 1. The number of hydrogen-bond donors (Lipinski definition) is 1. The average Bonchev–Trinajstić information content (AvgIpc) is 2.97. The summed E-state index contributed by atoms with van der Waals surface area (Å²) < 4.78 is 5.68. The molecule has 4 aromatic rings. The molecule has 4 rings (SSSR count). The normalized spacial score (nSPS) is 10.9. The highest BCUT2D eigenvalue weighted by atomic mass is 16.5. The van der Waals surface area contributed by atoms with Gasteiger partial charge in [0.05, 0.1) is 30.6 Å². The van der Waals surface area contributed by atoms with Gasteiger partial charge in [-0.2, -0.15) is 5.26 Å². The molecule has 0 atom stereocenters. The second-order valence-electron chi connectivity index (χ2n) is 11.6. The first kappa shape index (κ1) is 31.2. The molecule has 0 aliphatic rings. The summed E-state index contributed by atoms with van der Waals surface area (Å²) in [5.41, 5.74) is 11.2. The molecule has 0 aliphatic carbocycles. The molecule has 7 heteroatoms. The van der Waals surface area contributed by atoms with Gasteiger partial charge >= 0.3 is 5.97 Å². The van der Waals surface area contributed by atoms with Gasteiger partial charge in [-0.1, -0.05) is 50.2 Å². The standard InChI is InChI=1S/C36H40N4O3/c1-23(2)30-10-9-25(4)33(17-30)34-15-27(6)26(5)14-31(34)22-40(21-29-13-24(3)12-28(16-29)18-37)36-38-19-32(20-39-36)43-11-7-8-35(41)42/h9-10,12-17,19-20,23H,7-8,11,21-22H2,1-6H3,(H,41,42). The second-order valence-corrected chi connectivity index (χ2v) is 11.6. The first-order valence-electron chi connectivity index (χ1n) is 14.7. The van der Waals surface area contributed by atoms with Crippen LogP contribution in [0.1, 0.15) is 77.1 Å². The van der Waals surface area contributed by atoms with Gasteiger partial charge in [0.1, 0.15) is 0 Å². The maximum Gasteiger partial charge on any atom is 0.303 e. The van der Waals surface area contributed by atoms with E-state index in [0.717, 1.165) is 16.7 Å². The summed E-state index contributed by atoms with van der Waals surface area (Å²) in [6, 6.07) is 19.4. The minimum absolute atomic E-state index is 0.0474. The predicted octanol–water partition coefficient (Wildman–Crippen LogP) is 7.82. The molecule has 222 valence electrons. The van der Waals surface area contributed by atoms with Crippen LogP contribution in [0.3, 0.4) is 0 Å². The Morgan fingerprint density at radius 2 is 1.65 bits per heavy atom. The Morgan fingerprint density at radius 3 is 2.33 bits per heavy atom. The quantitative estimate of drug-likeness (QED) is 0.172. The third kappa shape index (κ3) is 8.20. The number of carbonyl (C=O) groups is 1. The molecule has 0 saturated heterocycles. The number of hydrogen-bond acceptors (Lipinski definition) is 6. The Kier molecular flexibility index (Phi) is 10.2. The molecule has 0 spiro atoms. The lowest BCUT2D eigenvalue weighted by molar-refractivity contribution is -0.137. The van der Waals surface area contributed by atoms with Gasteiger partial charge in [-0.25, -0.2) is 9.97 Å². The molecule has 0 bridgehead atoms. The van der Waals surface area contributed by atoms with Crippen LogP contribution in [0.2, 0.25) is 0 Å². The van der Waals surface area contributed by atoms with E-state index in [1.54, 1.807) is 12.4 Å². The molecule has 0 saturated carbocycles. The van der Waals surface area contributed by atoms with Crippen molar-refractivity contribution in [3.63, 3.8) is 0 Å². The third-order valence-corrected chi connectivity index (χ3v) is 7.64. The van der Waals surface area contributed by atoms with Crippen molar-refractivity contribution in [3.8, 4) is 22.9 Å². The number of nitriles is 1. The summed E-state index contributed by atoms with van der Waals surface area (Å²) in [6.07, 6.45) is 3.71. The SMILES string of the molecule is Cc1cc(C#N)cc(CN(Cc2cc(C)c(C)cc2-c2cc(C(C)C)ccc2C)c2ncc(OCCCC(=O)O)cn2)c1. The van der Waals surface area contributed by atoms with Crippen LogP contribution < -0.4 is 9.64 Å². The zero-order valence-corrected chi connectivity index (χ0v) is 25.9. The van der Waals surface area contributed by atoms with Gasteiger partial charge in [0.25, 0.3) is 0 Å². The van der Waals surface area contributed by atoms with Gasteiger partial charge in [0.2, 0.25) is 5.95 Å². The van der Waals surface area contributed by atoms with Gasteiger partial charge < -0.3 is 14.7 Å². The number of benzene rings is 3. The average molecular weight is 577 g/mol. The highest BCUT2D eigenvalue weighted by Gasteiger charge is 2.18. The van der Waals surface area contributed by atoms with E-state index < -0.39 is 5.97 Å². The Balaban J connectivity index is 1.74. The van der Waals surface area contributed by atoms with Crippen molar-refractivity contribution in [2.75, 3.05) is 11.5 Å². The van der Waals surface area contributed by atoms with E-state index in [9.17, 15) is 10.1 Å². The molecule has 0 unspecified atom stereocenters. The van der Waals surface area contributed by atoms with Crippen molar-refractivity contribution >= 4 is 11.9 Å². The van der Waals surface area contributed by atoms with Gasteiger partial charge in [0, 0.05) is 19.5 Å². The molecular weight excluding hydrogens is 536 g/mol. The van der Waals surface area contributed by atoms with Gasteiger partial charge in [-0.3, -0.25) is 4.79 Å². The number of carboxylic acids is 1. The molecule has 7 nitrogen and oxygen atoms in total. The van der Waals surface area contributed by atoms with E-state index in [4.69, 9.17) is 9.84 Å². The van der Waals surface area contributed by atoms with Crippen molar-refractivity contribution in [2.45, 2.75) is 73.4 Å². The van der Waals surface area contributed by atoms with Crippen LogP contribution in [0.5, 0.6) is 5.75 Å². The molecule has 0 amide bonds. The van der Waals surface area contributed by atoms with Crippen LogP contribution in [0.25, 0.3) is 11.1 Å². The topological polar surface area (TPSA) is 99.3 Å². The number of aliphatic carboxylic acids is 1. The first-order chi connectivity index (χ1) is 20.5. The molecule has 0 aliphatic heterocycles. The number of ether oxygens (including phenoxy) is 1. The smallest absolute Gasteiger partial charge is 0.303 e. The fourth-order valence-electron chi connectivity index (χ4n) is 5.15. The molecule has 1 aromatic heterocycles. The predicted molar refractivity (Wildman–Crippen MR) is 170 cm³/mol. The van der Waals surface area contributed by atoms with Crippen molar-refractivity contribution in [1.29, 1.82) is 5.26 Å². The van der Waals surface area contributed by atoms with Gasteiger partial charge in [-0.15, -0.1) is 0 Å². The highest BCUT2D eigenvalue weighted by molar-refractivity contribution is 5.73. The van der Waals surface area contributed by atoms with E-state index in [-0.39, 0.29) is 13.0 Å². The fraction of sp³-hybridized carbons (Fsp3) is 0.333. The fourth-order valence-corrected chi connectivity index (χ4v) is 5.15. The molecule has 1 heterocycles. The van der Waals surface area contributed by atoms with E-state index in [2.05, 4.69) is 92.0 Å². The van der Waals surface area contributed by atoms with Crippen LogP contribution in [0, 0.1) is 39.0 Å². The molecule has 1 N–H and O–H groups in total. The van der Waals surface area contributed by atoms with Crippen molar-refractivity contribution in [2.24, 2.45) is 0 Å². The van der Waals surface area contributed by atoms with Crippen LogP contribution in [0.15, 0.2) is 60.9 Å². The number of nitrogens with zero attached hydrogens (tertiary/aromatic N) is 4. The van der Waals surface area contributed by atoms with E-state index >= 15 is 0 Å². The molecule has 0 radical (unpaired) electrons. The Labute approximate surface area is 254 Å². The first-order valence-corrected chi connectivity index (χ1v) is 14.7. The number of rotatable bonds is 12. The van der Waals surface area contributed by atoms with E-state index in [1.807, 2.05) is 19.1 Å². The summed E-state index contributed by atoms with van der Waals surface area (Å²) in [5, 5.41) is 18.5. The van der Waals surface area contributed by atoms with E-state index in [0.29, 0.717) is 42.7 Å². The Hall–Kier alpha value is -4.70. The van der Waals surface area contributed by atoms with Crippen LogP contribution in [0.4, 0.5) is 5.95 Å². The number of aromatic nitrogens is 2. The summed E-state index contributed by atoms with van der Waals surface area (Å²) in [6.45, 7) is 14.2. The van der Waals surface area contributed by atoms with Crippen LogP contribution >= 0.6 is 0 Å². The second kappa shape index (κ2) is 14.0. The molecule has 3 aromatic carbocycles. The number of anilines is 1. The zero-order valence-electron chi connectivity index (χ0n) is 25.9. The lowest BCUT2D eigenvalue weighted by Crippen LogP contribution is -2.25. The Morgan fingerprint density at radius 1 is 0.930 bits per heavy atom. The van der Waals surface area contributed by atoms with Crippen LogP contribution in [-0.4, -0.2) is 27.7 Å². The summed E-state index contributed by atoms with van der Waals surface area (Å²) in [4.78, 5) is 22.2. The van der Waals surface area contributed by atoms with Crippen molar-refractivity contribution in [3.05, 3.63) is 105 Å². The van der Waals surface area contributed by atoms with Crippen molar-refractivity contribution < 1.29 is 14.6 Å². The monoisotopic (exact) mass is 576 g/mol. The summed E-state index contributed by atoms with van der Waals surface area (Å²) >= 11 is 0. The lowest BCUT2D eigenvalue weighted by Gasteiger charge is -2.26. The summed E-state index contributed by atoms with van der Waals surface area (Å²) in [5.74, 6) is 0.595. The minimum atomic E-state index is -0.849. The lowest BCUT2D eigenvalue weighted by atomic mass is 9.89.